The fourth-order valence-corrected chi connectivity index (χ4v) is 2.31. The van der Waals surface area contributed by atoms with Crippen LogP contribution in [0.15, 0.2) is 40.9 Å². The van der Waals surface area contributed by atoms with Gasteiger partial charge in [0.25, 0.3) is 0 Å². The molecule has 0 atom stereocenters. The number of anilines is 1. The number of benzene rings is 2. The average molecular weight is 339 g/mol. The van der Waals surface area contributed by atoms with Crippen molar-refractivity contribution in [3.63, 3.8) is 0 Å². The summed E-state index contributed by atoms with van der Waals surface area (Å²) in [5.74, 6) is -0.818. The highest BCUT2D eigenvalue weighted by Gasteiger charge is 2.13. The van der Waals surface area contributed by atoms with E-state index in [-0.39, 0.29) is 0 Å². The molecule has 4 nitrogen and oxygen atoms in total. The molecular formula is C14H12BrFN2O2. The van der Waals surface area contributed by atoms with Crippen molar-refractivity contribution in [1.82, 2.24) is 0 Å². The van der Waals surface area contributed by atoms with E-state index in [1.165, 1.54) is 12.1 Å². The zero-order chi connectivity index (χ0) is 14.7. The third kappa shape index (κ3) is 3.33. The van der Waals surface area contributed by atoms with Gasteiger partial charge < -0.3 is 5.32 Å². The summed E-state index contributed by atoms with van der Waals surface area (Å²) in [7, 11) is 0. The number of hydrogen-bond acceptors (Lipinski definition) is 3. The van der Waals surface area contributed by atoms with Crippen LogP contribution in [0.5, 0.6) is 0 Å². The largest absolute Gasteiger partial charge is 0.381 e. The molecule has 104 valence electrons. The Bertz CT molecular complexity index is 662. The summed E-state index contributed by atoms with van der Waals surface area (Å²) in [6.45, 7) is 2.36. The van der Waals surface area contributed by atoms with Crippen molar-refractivity contribution in [3.8, 4) is 0 Å². The standard InChI is InChI=1S/C14H12BrFN2O2/c1-9-6-11(15)3-4-13(9)17-8-10-2-5-14(18(19)20)12(16)7-10/h2-7,17H,8H2,1H3. The normalized spacial score (nSPS) is 10.3. The number of nitro benzene ring substituents is 1. The number of aryl methyl sites for hydroxylation is 1. The van der Waals surface area contributed by atoms with Crippen LogP contribution in [-0.2, 0) is 6.54 Å². The first-order chi connectivity index (χ1) is 9.47. The lowest BCUT2D eigenvalue weighted by Gasteiger charge is -2.10. The molecule has 0 radical (unpaired) electrons. The summed E-state index contributed by atoms with van der Waals surface area (Å²) in [5.41, 5.74) is 2.14. The van der Waals surface area contributed by atoms with Gasteiger partial charge in [0.15, 0.2) is 0 Å². The third-order valence-corrected chi connectivity index (χ3v) is 3.37. The van der Waals surface area contributed by atoms with Crippen LogP contribution < -0.4 is 5.32 Å². The Morgan fingerprint density at radius 2 is 2.05 bits per heavy atom. The van der Waals surface area contributed by atoms with Gasteiger partial charge >= 0.3 is 5.69 Å². The van der Waals surface area contributed by atoms with E-state index in [2.05, 4.69) is 21.2 Å². The van der Waals surface area contributed by atoms with Gasteiger partial charge in [-0.2, -0.15) is 4.39 Å². The lowest BCUT2D eigenvalue weighted by atomic mass is 10.1. The molecule has 20 heavy (non-hydrogen) atoms. The minimum atomic E-state index is -0.818. The highest BCUT2D eigenvalue weighted by atomic mass is 79.9. The summed E-state index contributed by atoms with van der Waals surface area (Å²) in [6.07, 6.45) is 0. The molecular weight excluding hydrogens is 327 g/mol. The fourth-order valence-electron chi connectivity index (χ4n) is 1.83. The minimum Gasteiger partial charge on any atom is -0.381 e. The molecule has 1 N–H and O–H groups in total. The quantitative estimate of drug-likeness (QED) is 0.663. The number of hydrogen-bond donors (Lipinski definition) is 1. The molecule has 0 bridgehead atoms. The first-order valence-corrected chi connectivity index (χ1v) is 6.69. The Morgan fingerprint density at radius 3 is 2.65 bits per heavy atom. The predicted molar refractivity (Wildman–Crippen MR) is 79.3 cm³/mol. The van der Waals surface area contributed by atoms with Gasteiger partial charge in [0.1, 0.15) is 0 Å². The van der Waals surface area contributed by atoms with Gasteiger partial charge in [-0.15, -0.1) is 0 Å². The Labute approximate surface area is 123 Å². The molecule has 0 aromatic heterocycles. The third-order valence-electron chi connectivity index (χ3n) is 2.88. The van der Waals surface area contributed by atoms with Gasteiger partial charge in [-0.3, -0.25) is 10.1 Å². The van der Waals surface area contributed by atoms with Crippen LogP contribution in [0.4, 0.5) is 15.8 Å². The van der Waals surface area contributed by atoms with Gasteiger partial charge in [-0.1, -0.05) is 22.0 Å². The maximum atomic E-state index is 13.5. The number of halogens is 2. The van der Waals surface area contributed by atoms with E-state index in [1.54, 1.807) is 6.07 Å². The lowest BCUT2D eigenvalue weighted by molar-refractivity contribution is -0.387. The molecule has 2 aromatic rings. The molecule has 2 rings (SSSR count). The van der Waals surface area contributed by atoms with Gasteiger partial charge in [-0.05, 0) is 42.3 Å². The van der Waals surface area contributed by atoms with Crippen molar-refractivity contribution in [1.29, 1.82) is 0 Å². The summed E-state index contributed by atoms with van der Waals surface area (Å²) in [5, 5.41) is 13.7. The Balaban J connectivity index is 2.11. The molecule has 2 aromatic carbocycles. The van der Waals surface area contributed by atoms with Crippen LogP contribution in [0.25, 0.3) is 0 Å². The van der Waals surface area contributed by atoms with Gasteiger partial charge in [0.05, 0.1) is 4.92 Å². The van der Waals surface area contributed by atoms with E-state index in [9.17, 15) is 14.5 Å². The van der Waals surface area contributed by atoms with Crippen molar-refractivity contribution < 1.29 is 9.31 Å². The second-order valence-electron chi connectivity index (χ2n) is 4.36. The lowest BCUT2D eigenvalue weighted by Crippen LogP contribution is -2.02. The monoisotopic (exact) mass is 338 g/mol. The Hall–Kier alpha value is -1.95. The Morgan fingerprint density at radius 1 is 1.30 bits per heavy atom. The van der Waals surface area contributed by atoms with E-state index in [1.807, 2.05) is 25.1 Å². The fraction of sp³-hybridized carbons (Fsp3) is 0.143. The first kappa shape index (κ1) is 14.5. The van der Waals surface area contributed by atoms with Crippen molar-refractivity contribution >= 4 is 27.3 Å². The van der Waals surface area contributed by atoms with Crippen molar-refractivity contribution in [2.45, 2.75) is 13.5 Å². The Kier molecular flexibility index (Phi) is 4.34. The van der Waals surface area contributed by atoms with Crippen molar-refractivity contribution in [3.05, 3.63) is 67.9 Å². The summed E-state index contributed by atoms with van der Waals surface area (Å²) < 4.78 is 14.5. The van der Waals surface area contributed by atoms with Gasteiger partial charge in [0.2, 0.25) is 5.82 Å². The van der Waals surface area contributed by atoms with Crippen LogP contribution in [0, 0.1) is 22.9 Å². The first-order valence-electron chi connectivity index (χ1n) is 5.90. The summed E-state index contributed by atoms with van der Waals surface area (Å²) in [4.78, 5) is 9.80. The highest BCUT2D eigenvalue weighted by Crippen LogP contribution is 2.22. The molecule has 0 aliphatic carbocycles. The van der Waals surface area contributed by atoms with Crippen LogP contribution in [0.1, 0.15) is 11.1 Å². The predicted octanol–water partition coefficient (Wildman–Crippen LogP) is 4.42. The molecule has 6 heteroatoms. The van der Waals surface area contributed by atoms with Gasteiger partial charge in [0, 0.05) is 22.8 Å². The number of nitro groups is 1. The van der Waals surface area contributed by atoms with E-state index in [0.29, 0.717) is 12.1 Å². The minimum absolute atomic E-state index is 0.400. The number of rotatable bonds is 4. The maximum Gasteiger partial charge on any atom is 0.304 e. The maximum absolute atomic E-state index is 13.5. The molecule has 0 spiro atoms. The highest BCUT2D eigenvalue weighted by molar-refractivity contribution is 9.10. The zero-order valence-corrected chi connectivity index (χ0v) is 12.3. The summed E-state index contributed by atoms with van der Waals surface area (Å²) in [6, 6.07) is 9.70. The number of nitrogens with one attached hydrogen (secondary N) is 1. The molecule has 0 amide bonds. The van der Waals surface area contributed by atoms with E-state index >= 15 is 0 Å². The smallest absolute Gasteiger partial charge is 0.304 e. The van der Waals surface area contributed by atoms with Crippen LogP contribution in [-0.4, -0.2) is 4.92 Å². The van der Waals surface area contributed by atoms with Crippen LogP contribution >= 0.6 is 15.9 Å². The zero-order valence-electron chi connectivity index (χ0n) is 10.7. The molecule has 0 aliphatic heterocycles. The second-order valence-corrected chi connectivity index (χ2v) is 5.27. The molecule has 0 saturated heterocycles. The molecule has 0 saturated carbocycles. The van der Waals surface area contributed by atoms with E-state index in [0.717, 1.165) is 15.7 Å². The summed E-state index contributed by atoms with van der Waals surface area (Å²) >= 11 is 3.38. The van der Waals surface area contributed by atoms with Crippen molar-refractivity contribution in [2.24, 2.45) is 0 Å². The number of nitrogens with zero attached hydrogens (tertiary/aromatic N) is 1. The van der Waals surface area contributed by atoms with Gasteiger partial charge in [-0.25, -0.2) is 0 Å². The second kappa shape index (κ2) is 6.00. The molecule has 0 unspecified atom stereocenters. The molecule has 0 aliphatic rings. The average Bonchev–Trinajstić information content (AvgIpc) is 2.37. The van der Waals surface area contributed by atoms with Crippen molar-refractivity contribution in [2.75, 3.05) is 5.32 Å². The van der Waals surface area contributed by atoms with E-state index in [4.69, 9.17) is 0 Å². The SMILES string of the molecule is Cc1cc(Br)ccc1NCc1ccc([N+](=O)[O-])c(F)c1. The van der Waals surface area contributed by atoms with Crippen LogP contribution in [0.2, 0.25) is 0 Å². The van der Waals surface area contributed by atoms with E-state index < -0.39 is 16.4 Å². The topological polar surface area (TPSA) is 55.2 Å². The molecule has 0 fully saturated rings. The van der Waals surface area contributed by atoms with Crippen LogP contribution in [0.3, 0.4) is 0 Å². The molecule has 0 heterocycles.